The Bertz CT molecular complexity index is 748. The quantitative estimate of drug-likeness (QED) is 0.714. The van der Waals surface area contributed by atoms with Gasteiger partial charge in [0.15, 0.2) is 11.3 Å². The molecule has 0 bridgehead atoms. The second kappa shape index (κ2) is 4.28. The number of aromatic nitrogens is 3. The van der Waals surface area contributed by atoms with Gasteiger partial charge in [-0.15, -0.1) is 0 Å². The van der Waals surface area contributed by atoms with Gasteiger partial charge in [-0.1, -0.05) is 6.07 Å². The van der Waals surface area contributed by atoms with Crippen LogP contribution in [0.15, 0.2) is 36.8 Å². The van der Waals surface area contributed by atoms with Crippen molar-refractivity contribution in [2.45, 2.75) is 6.92 Å². The summed E-state index contributed by atoms with van der Waals surface area (Å²) in [7, 11) is 1.93. The second-order valence-electron chi connectivity index (χ2n) is 4.48. The van der Waals surface area contributed by atoms with E-state index in [2.05, 4.69) is 9.97 Å². The van der Waals surface area contributed by atoms with Crippen LogP contribution in [0.2, 0.25) is 0 Å². The highest BCUT2D eigenvalue weighted by Crippen LogP contribution is 2.30. The third kappa shape index (κ3) is 1.99. The highest BCUT2D eigenvalue weighted by molar-refractivity contribution is 5.80. The minimum absolute atomic E-state index is 0.468. The molecule has 0 spiro atoms. The maximum absolute atomic E-state index is 5.91. The van der Waals surface area contributed by atoms with E-state index in [1.807, 2.05) is 42.8 Å². The van der Waals surface area contributed by atoms with Crippen LogP contribution in [0.3, 0.4) is 0 Å². The molecule has 0 aliphatic heterocycles. The van der Waals surface area contributed by atoms with Gasteiger partial charge in [-0.2, -0.15) is 0 Å². The topological polar surface area (TPSA) is 66.0 Å². The molecule has 5 nitrogen and oxygen atoms in total. The molecule has 0 saturated heterocycles. The van der Waals surface area contributed by atoms with Crippen molar-refractivity contribution < 1.29 is 4.74 Å². The molecule has 2 N–H and O–H groups in total. The van der Waals surface area contributed by atoms with Crippen LogP contribution in [0.25, 0.3) is 11.0 Å². The Morgan fingerprint density at radius 2 is 2.05 bits per heavy atom. The number of aryl methyl sites for hydroxylation is 2. The molecular formula is C14H14N4O. The van der Waals surface area contributed by atoms with Gasteiger partial charge in [0.05, 0.1) is 17.5 Å². The third-order valence-corrected chi connectivity index (χ3v) is 2.99. The molecule has 2 aromatic heterocycles. The lowest BCUT2D eigenvalue weighted by atomic mass is 10.2. The molecule has 0 unspecified atom stereocenters. The number of hydrogen-bond donors (Lipinski definition) is 1. The summed E-state index contributed by atoms with van der Waals surface area (Å²) in [6, 6.07) is 7.55. The van der Waals surface area contributed by atoms with Crippen molar-refractivity contribution >= 4 is 16.7 Å². The Morgan fingerprint density at radius 1 is 1.21 bits per heavy atom. The van der Waals surface area contributed by atoms with E-state index in [1.54, 1.807) is 12.5 Å². The zero-order chi connectivity index (χ0) is 13.4. The van der Waals surface area contributed by atoms with E-state index in [0.29, 0.717) is 17.3 Å². The monoisotopic (exact) mass is 254 g/mol. The lowest BCUT2D eigenvalue weighted by Gasteiger charge is -2.08. The number of rotatable bonds is 2. The fraction of sp³-hybridized carbons (Fsp3) is 0.143. The largest absolute Gasteiger partial charge is 0.435 e. The third-order valence-electron chi connectivity index (χ3n) is 2.99. The van der Waals surface area contributed by atoms with E-state index in [0.717, 1.165) is 16.6 Å². The summed E-state index contributed by atoms with van der Waals surface area (Å²) in [6.07, 6.45) is 3.43. The number of ether oxygens (including phenoxy) is 1. The van der Waals surface area contributed by atoms with Gasteiger partial charge >= 0.3 is 0 Å². The standard InChI is InChI=1S/C14H14N4O/c1-9-3-4-10(15)12(7-9)19-14-13-11(5-6-16-14)18(2)8-17-13/h3-8H,15H2,1-2H3. The average molecular weight is 254 g/mol. The number of benzene rings is 1. The maximum Gasteiger partial charge on any atom is 0.247 e. The first-order valence-corrected chi connectivity index (χ1v) is 5.95. The number of anilines is 1. The summed E-state index contributed by atoms with van der Waals surface area (Å²) in [5.74, 6) is 1.07. The molecule has 5 heteroatoms. The van der Waals surface area contributed by atoms with Crippen molar-refractivity contribution in [1.82, 2.24) is 14.5 Å². The molecule has 0 aliphatic rings. The van der Waals surface area contributed by atoms with Crippen molar-refractivity contribution in [2.24, 2.45) is 7.05 Å². The van der Waals surface area contributed by atoms with Gasteiger partial charge in [-0.3, -0.25) is 0 Å². The van der Waals surface area contributed by atoms with Crippen LogP contribution in [0, 0.1) is 6.92 Å². The molecule has 2 heterocycles. The number of imidazole rings is 1. The summed E-state index contributed by atoms with van der Waals surface area (Å²) >= 11 is 0. The van der Waals surface area contributed by atoms with Gasteiger partial charge < -0.3 is 15.0 Å². The van der Waals surface area contributed by atoms with Crippen LogP contribution in [0.5, 0.6) is 11.6 Å². The van der Waals surface area contributed by atoms with Crippen LogP contribution in [-0.4, -0.2) is 14.5 Å². The molecule has 0 fully saturated rings. The van der Waals surface area contributed by atoms with Crippen LogP contribution >= 0.6 is 0 Å². The Labute approximate surface area is 110 Å². The predicted octanol–water partition coefficient (Wildman–Crippen LogP) is 2.65. The Hall–Kier alpha value is -2.56. The van der Waals surface area contributed by atoms with Gasteiger partial charge in [0.1, 0.15) is 0 Å². The van der Waals surface area contributed by atoms with E-state index in [-0.39, 0.29) is 0 Å². The Kier molecular flexibility index (Phi) is 2.59. The number of fused-ring (bicyclic) bond motifs is 1. The minimum atomic E-state index is 0.468. The van der Waals surface area contributed by atoms with E-state index < -0.39 is 0 Å². The number of hydrogen-bond acceptors (Lipinski definition) is 4. The van der Waals surface area contributed by atoms with Crippen LogP contribution in [0.4, 0.5) is 5.69 Å². The van der Waals surface area contributed by atoms with Crippen LogP contribution < -0.4 is 10.5 Å². The smallest absolute Gasteiger partial charge is 0.247 e. The number of pyridine rings is 1. The van der Waals surface area contributed by atoms with Gasteiger partial charge in [0, 0.05) is 13.2 Å². The Morgan fingerprint density at radius 3 is 2.89 bits per heavy atom. The lowest BCUT2D eigenvalue weighted by molar-refractivity contribution is 0.470. The zero-order valence-electron chi connectivity index (χ0n) is 10.8. The summed E-state index contributed by atoms with van der Waals surface area (Å²) in [5.41, 5.74) is 9.27. The van der Waals surface area contributed by atoms with Crippen molar-refractivity contribution in [1.29, 1.82) is 0 Å². The van der Waals surface area contributed by atoms with Crippen molar-refractivity contribution in [2.75, 3.05) is 5.73 Å². The summed E-state index contributed by atoms with van der Waals surface area (Å²) in [4.78, 5) is 8.53. The molecule has 0 atom stereocenters. The van der Waals surface area contributed by atoms with E-state index in [1.165, 1.54) is 0 Å². The van der Waals surface area contributed by atoms with Crippen LogP contribution in [-0.2, 0) is 7.05 Å². The molecule has 96 valence electrons. The van der Waals surface area contributed by atoms with Crippen molar-refractivity contribution in [3.05, 3.63) is 42.4 Å². The van der Waals surface area contributed by atoms with Gasteiger partial charge in [0.2, 0.25) is 5.88 Å². The van der Waals surface area contributed by atoms with E-state index >= 15 is 0 Å². The zero-order valence-corrected chi connectivity index (χ0v) is 10.8. The molecule has 0 saturated carbocycles. The predicted molar refractivity (Wildman–Crippen MR) is 74.2 cm³/mol. The van der Waals surface area contributed by atoms with Gasteiger partial charge in [-0.05, 0) is 30.7 Å². The van der Waals surface area contributed by atoms with Crippen molar-refractivity contribution in [3.8, 4) is 11.6 Å². The minimum Gasteiger partial charge on any atom is -0.435 e. The first-order chi connectivity index (χ1) is 9.15. The first kappa shape index (κ1) is 11.5. The summed E-state index contributed by atoms with van der Waals surface area (Å²) in [6.45, 7) is 1.99. The molecule has 1 aromatic carbocycles. The molecule has 0 aliphatic carbocycles. The lowest BCUT2D eigenvalue weighted by Crippen LogP contribution is -1.95. The van der Waals surface area contributed by atoms with E-state index in [9.17, 15) is 0 Å². The molecule has 3 aromatic rings. The fourth-order valence-electron chi connectivity index (χ4n) is 1.95. The van der Waals surface area contributed by atoms with Crippen molar-refractivity contribution in [3.63, 3.8) is 0 Å². The summed E-state index contributed by atoms with van der Waals surface area (Å²) < 4.78 is 7.72. The molecular weight excluding hydrogens is 240 g/mol. The Balaban J connectivity index is 2.08. The highest BCUT2D eigenvalue weighted by atomic mass is 16.5. The fourth-order valence-corrected chi connectivity index (χ4v) is 1.95. The molecule has 19 heavy (non-hydrogen) atoms. The second-order valence-corrected chi connectivity index (χ2v) is 4.48. The number of nitrogen functional groups attached to an aromatic ring is 1. The number of nitrogens with zero attached hydrogens (tertiary/aromatic N) is 3. The molecule has 3 rings (SSSR count). The van der Waals surface area contributed by atoms with Crippen LogP contribution in [0.1, 0.15) is 5.56 Å². The highest BCUT2D eigenvalue weighted by Gasteiger charge is 2.10. The molecule has 0 radical (unpaired) electrons. The van der Waals surface area contributed by atoms with E-state index in [4.69, 9.17) is 10.5 Å². The number of nitrogens with two attached hydrogens (primary N) is 1. The van der Waals surface area contributed by atoms with Gasteiger partial charge in [0.25, 0.3) is 0 Å². The first-order valence-electron chi connectivity index (χ1n) is 5.95. The normalized spacial score (nSPS) is 10.8. The SMILES string of the molecule is Cc1ccc(N)c(Oc2nccc3c2ncn3C)c1. The maximum atomic E-state index is 5.91. The molecule has 0 amide bonds. The summed E-state index contributed by atoms with van der Waals surface area (Å²) in [5, 5.41) is 0. The average Bonchev–Trinajstić information content (AvgIpc) is 2.77. The van der Waals surface area contributed by atoms with Gasteiger partial charge in [-0.25, -0.2) is 9.97 Å².